The minimum Gasteiger partial charge on any atom is -0.309 e. The summed E-state index contributed by atoms with van der Waals surface area (Å²) in [6, 6.07) is 92.1. The predicted octanol–water partition coefficient (Wildman–Crippen LogP) is 13.4. The fraction of sp³-hybridized carbons (Fsp3) is 0. The fourth-order valence-corrected chi connectivity index (χ4v) is 16.4. The van der Waals surface area contributed by atoms with Crippen LogP contribution in [-0.2, 0) is 0 Å². The molecule has 0 aliphatic heterocycles. The molecule has 324 valence electrons. The smallest absolute Gasteiger partial charge is 0.179 e. The highest BCUT2D eigenvalue weighted by atomic mass is 32.1. The molecule has 4 nitrogen and oxygen atoms in total. The third-order valence-electron chi connectivity index (χ3n) is 13.6. The van der Waals surface area contributed by atoms with Gasteiger partial charge in [0.25, 0.3) is 0 Å². The zero-order valence-corrected chi connectivity index (χ0v) is 39.3. The number of benzene rings is 10. The maximum absolute atomic E-state index is 5.37. The zero-order valence-electron chi connectivity index (χ0n) is 37.4. The van der Waals surface area contributed by atoms with E-state index < -0.39 is 8.07 Å². The highest BCUT2D eigenvalue weighted by Crippen LogP contribution is 2.38. The van der Waals surface area contributed by atoms with Gasteiger partial charge in [0.2, 0.25) is 0 Å². The molecule has 0 radical (unpaired) electrons. The fourth-order valence-electron chi connectivity index (χ4n) is 10.4. The monoisotopic (exact) mass is 914 g/mol. The lowest BCUT2D eigenvalue weighted by Crippen LogP contribution is -2.74. The first-order valence-electron chi connectivity index (χ1n) is 23.3. The van der Waals surface area contributed by atoms with Gasteiger partial charge >= 0.3 is 0 Å². The van der Waals surface area contributed by atoms with E-state index in [1.54, 1.807) is 0 Å². The summed E-state index contributed by atoms with van der Waals surface area (Å²) < 4.78 is 4.91. The van der Waals surface area contributed by atoms with Gasteiger partial charge in [-0.25, -0.2) is 15.0 Å². The largest absolute Gasteiger partial charge is 0.309 e. The van der Waals surface area contributed by atoms with E-state index in [1.807, 2.05) is 11.3 Å². The number of hydrogen-bond acceptors (Lipinski definition) is 4. The van der Waals surface area contributed by atoms with E-state index >= 15 is 0 Å². The van der Waals surface area contributed by atoms with E-state index in [0.717, 1.165) is 33.5 Å². The molecule has 0 spiro atoms. The third-order valence-corrected chi connectivity index (χ3v) is 19.5. The molecular weight excluding hydrogens is 873 g/mol. The van der Waals surface area contributed by atoms with Crippen molar-refractivity contribution in [2.24, 2.45) is 0 Å². The Morgan fingerprint density at radius 1 is 0.290 bits per heavy atom. The summed E-state index contributed by atoms with van der Waals surface area (Å²) >= 11 is 1.84. The molecule has 69 heavy (non-hydrogen) atoms. The van der Waals surface area contributed by atoms with Crippen LogP contribution in [0.5, 0.6) is 0 Å². The maximum Gasteiger partial charge on any atom is 0.179 e. The molecule has 0 saturated heterocycles. The standard InChI is InChI=1S/C63H42N4SSi/c1-4-21-49(22-5-1)69(50-23-6-2-7-24-50,51-25-8-3-9-26-51)52-27-17-20-47(41-52)63-65-61(43-34-37-48(38-35-43)67-57-31-13-10-28-53(57)54-29-11-14-32-58(54)67)64-62(66-63)46-19-16-18-44(40-46)45-36-39-56-55-30-12-15-33-59(55)68-60(56)42-45/h1-42H. The van der Waals surface area contributed by atoms with E-state index in [2.05, 4.69) is 259 Å². The van der Waals surface area contributed by atoms with Gasteiger partial charge in [0.1, 0.15) is 0 Å². The van der Waals surface area contributed by atoms with E-state index in [1.165, 1.54) is 62.7 Å². The number of thiophene rings is 1. The Morgan fingerprint density at radius 3 is 1.33 bits per heavy atom. The second-order valence-corrected chi connectivity index (χ2v) is 22.4. The molecule has 0 saturated carbocycles. The van der Waals surface area contributed by atoms with Gasteiger partial charge in [0.05, 0.1) is 11.0 Å². The molecule has 6 heteroatoms. The van der Waals surface area contributed by atoms with Gasteiger partial charge in [0.15, 0.2) is 25.5 Å². The number of para-hydroxylation sites is 2. The Morgan fingerprint density at radius 2 is 0.725 bits per heavy atom. The molecule has 13 aromatic rings. The second-order valence-electron chi connectivity index (χ2n) is 17.5. The van der Waals surface area contributed by atoms with Crippen LogP contribution in [0.25, 0.3) is 93.0 Å². The summed E-state index contributed by atoms with van der Waals surface area (Å²) in [4.78, 5) is 16.0. The topological polar surface area (TPSA) is 43.6 Å². The van der Waals surface area contributed by atoms with Gasteiger partial charge in [-0.3, -0.25) is 0 Å². The van der Waals surface area contributed by atoms with Crippen molar-refractivity contribution in [1.29, 1.82) is 0 Å². The number of fused-ring (bicyclic) bond motifs is 6. The zero-order chi connectivity index (χ0) is 45.7. The van der Waals surface area contributed by atoms with Crippen LogP contribution in [0.4, 0.5) is 0 Å². The quantitative estimate of drug-likeness (QED) is 0.107. The molecule has 0 atom stereocenters. The van der Waals surface area contributed by atoms with Gasteiger partial charge in [-0.1, -0.05) is 200 Å². The van der Waals surface area contributed by atoms with Gasteiger partial charge < -0.3 is 4.57 Å². The second kappa shape index (κ2) is 17.0. The summed E-state index contributed by atoms with van der Waals surface area (Å²) in [6.07, 6.45) is 0. The minimum absolute atomic E-state index is 0.615. The van der Waals surface area contributed by atoms with Crippen LogP contribution >= 0.6 is 11.3 Å². The maximum atomic E-state index is 5.37. The van der Waals surface area contributed by atoms with Crippen LogP contribution in [0.2, 0.25) is 0 Å². The Hall–Kier alpha value is -8.55. The van der Waals surface area contributed by atoms with Crippen LogP contribution in [0.3, 0.4) is 0 Å². The van der Waals surface area contributed by atoms with E-state index in [9.17, 15) is 0 Å². The molecule has 10 aromatic carbocycles. The molecule has 0 aliphatic carbocycles. The average Bonchev–Trinajstić information content (AvgIpc) is 3.98. The van der Waals surface area contributed by atoms with E-state index in [-0.39, 0.29) is 0 Å². The Kier molecular flexibility index (Phi) is 10.00. The number of hydrogen-bond donors (Lipinski definition) is 0. The lowest BCUT2D eigenvalue weighted by molar-refractivity contribution is 1.07. The van der Waals surface area contributed by atoms with Crippen molar-refractivity contribution in [3.05, 3.63) is 255 Å². The molecule has 0 unspecified atom stereocenters. The van der Waals surface area contributed by atoms with Crippen LogP contribution in [-0.4, -0.2) is 27.6 Å². The van der Waals surface area contributed by atoms with Gasteiger partial charge in [-0.05, 0) is 86.5 Å². The first-order chi connectivity index (χ1) is 34.2. The highest BCUT2D eigenvalue weighted by Gasteiger charge is 2.41. The first kappa shape index (κ1) is 40.7. The average molecular weight is 915 g/mol. The van der Waals surface area contributed by atoms with Crippen molar-refractivity contribution >= 4 is 82.1 Å². The van der Waals surface area contributed by atoms with Crippen LogP contribution in [0.1, 0.15) is 0 Å². The van der Waals surface area contributed by atoms with Crippen molar-refractivity contribution in [2.75, 3.05) is 0 Å². The minimum atomic E-state index is -2.84. The Bertz CT molecular complexity index is 3860. The lowest BCUT2D eigenvalue weighted by atomic mass is 10.0. The van der Waals surface area contributed by atoms with Crippen molar-refractivity contribution < 1.29 is 0 Å². The predicted molar refractivity (Wildman–Crippen MR) is 292 cm³/mol. The van der Waals surface area contributed by atoms with Crippen molar-refractivity contribution in [3.63, 3.8) is 0 Å². The molecule has 0 amide bonds. The molecular formula is C63H42N4SSi. The highest BCUT2D eigenvalue weighted by molar-refractivity contribution is 7.25. The van der Waals surface area contributed by atoms with Crippen molar-refractivity contribution in [1.82, 2.24) is 19.5 Å². The summed E-state index contributed by atoms with van der Waals surface area (Å²) in [5.74, 6) is 1.86. The molecule has 0 fully saturated rings. The summed E-state index contributed by atoms with van der Waals surface area (Å²) in [5.41, 5.74) is 8.45. The third kappa shape index (κ3) is 7.00. The molecule has 3 aromatic heterocycles. The number of aromatic nitrogens is 4. The normalized spacial score (nSPS) is 11.8. The first-order valence-corrected chi connectivity index (χ1v) is 26.2. The van der Waals surface area contributed by atoms with E-state index in [0.29, 0.717) is 17.5 Å². The molecule has 0 aliphatic rings. The van der Waals surface area contributed by atoms with Crippen LogP contribution in [0, 0.1) is 0 Å². The summed E-state index contributed by atoms with van der Waals surface area (Å²) in [6.45, 7) is 0. The van der Waals surface area contributed by atoms with Crippen LogP contribution < -0.4 is 20.7 Å². The van der Waals surface area contributed by atoms with Crippen molar-refractivity contribution in [3.8, 4) is 51.0 Å². The van der Waals surface area contributed by atoms with Gasteiger partial charge in [-0.15, -0.1) is 11.3 Å². The van der Waals surface area contributed by atoms with Gasteiger partial charge in [0, 0.05) is 53.3 Å². The number of rotatable bonds is 9. The molecule has 13 rings (SSSR count). The number of nitrogens with zero attached hydrogens (tertiary/aromatic N) is 4. The van der Waals surface area contributed by atoms with Crippen molar-refractivity contribution in [2.45, 2.75) is 0 Å². The van der Waals surface area contributed by atoms with E-state index in [4.69, 9.17) is 15.0 Å². The van der Waals surface area contributed by atoms with Crippen LogP contribution in [0.15, 0.2) is 255 Å². The molecule has 3 heterocycles. The van der Waals surface area contributed by atoms with Gasteiger partial charge in [-0.2, -0.15) is 0 Å². The molecule has 0 N–H and O–H groups in total. The lowest BCUT2D eigenvalue weighted by Gasteiger charge is -2.34. The molecule has 0 bridgehead atoms. The Balaban J connectivity index is 0.981. The summed E-state index contributed by atoms with van der Waals surface area (Å²) in [7, 11) is -2.84. The SMILES string of the molecule is c1ccc([Si](c2ccccc2)(c2ccccc2)c2cccc(-c3nc(-c4ccc(-n5c6ccccc6c6ccccc65)cc4)nc(-c4cccc(-c5ccc6c(c5)sc5ccccc56)c4)n3)c2)cc1. The Labute approximate surface area is 405 Å². The summed E-state index contributed by atoms with van der Waals surface area (Å²) in [5, 5.41) is 10.2.